The third-order valence-corrected chi connectivity index (χ3v) is 3.49. The van der Waals surface area contributed by atoms with Crippen molar-refractivity contribution in [1.82, 2.24) is 4.90 Å². The number of carbonyl (C=O) groups is 1. The summed E-state index contributed by atoms with van der Waals surface area (Å²) in [5.41, 5.74) is 1.91. The second-order valence-corrected chi connectivity index (χ2v) is 5.26. The van der Waals surface area contributed by atoms with E-state index in [9.17, 15) is 4.79 Å². The number of rotatable bonds is 4. The predicted octanol–water partition coefficient (Wildman–Crippen LogP) is 3.03. The van der Waals surface area contributed by atoms with Crippen LogP contribution in [0.3, 0.4) is 0 Å². The molecule has 1 atom stereocenters. The lowest BCUT2D eigenvalue weighted by Gasteiger charge is -2.32. The summed E-state index contributed by atoms with van der Waals surface area (Å²) in [6.45, 7) is 6.49. The standard InChI is InChI=1S/C16H23NO2/c1-3-10-19-15-8-5-9-17(12-15)16(18)14-7-4-6-13(2)11-14/h4,6-7,11,15H,3,5,8-10,12H2,1-2H3/t15-/m1/s1. The summed E-state index contributed by atoms with van der Waals surface area (Å²) in [6.07, 6.45) is 3.34. The number of piperidine rings is 1. The van der Waals surface area contributed by atoms with Gasteiger partial charge in [0, 0.05) is 25.3 Å². The summed E-state index contributed by atoms with van der Waals surface area (Å²) < 4.78 is 5.78. The van der Waals surface area contributed by atoms with E-state index in [1.807, 2.05) is 36.1 Å². The molecule has 0 saturated carbocycles. The lowest BCUT2D eigenvalue weighted by Crippen LogP contribution is -2.43. The fraction of sp³-hybridized carbons (Fsp3) is 0.562. The van der Waals surface area contributed by atoms with Crippen LogP contribution >= 0.6 is 0 Å². The van der Waals surface area contributed by atoms with Gasteiger partial charge in [-0.2, -0.15) is 0 Å². The predicted molar refractivity (Wildman–Crippen MR) is 76.3 cm³/mol. The average molecular weight is 261 g/mol. The molecule has 0 unspecified atom stereocenters. The van der Waals surface area contributed by atoms with E-state index in [0.29, 0.717) is 0 Å². The maximum atomic E-state index is 12.4. The minimum absolute atomic E-state index is 0.133. The molecular formula is C16H23NO2. The molecule has 19 heavy (non-hydrogen) atoms. The van der Waals surface area contributed by atoms with Crippen LogP contribution in [0.25, 0.3) is 0 Å². The van der Waals surface area contributed by atoms with E-state index in [1.165, 1.54) is 0 Å². The molecule has 1 amide bonds. The molecule has 1 fully saturated rings. The number of hydrogen-bond donors (Lipinski definition) is 0. The molecule has 104 valence electrons. The monoisotopic (exact) mass is 261 g/mol. The van der Waals surface area contributed by atoms with Gasteiger partial charge in [-0.3, -0.25) is 4.79 Å². The highest BCUT2D eigenvalue weighted by Gasteiger charge is 2.24. The number of nitrogens with zero attached hydrogens (tertiary/aromatic N) is 1. The molecule has 3 heteroatoms. The normalized spacial score (nSPS) is 19.5. The van der Waals surface area contributed by atoms with E-state index in [1.54, 1.807) is 0 Å². The number of hydrogen-bond acceptors (Lipinski definition) is 2. The van der Waals surface area contributed by atoms with Crippen molar-refractivity contribution in [3.8, 4) is 0 Å². The van der Waals surface area contributed by atoms with Crippen LogP contribution in [0.2, 0.25) is 0 Å². The molecule has 3 nitrogen and oxygen atoms in total. The summed E-state index contributed by atoms with van der Waals surface area (Å²) >= 11 is 0. The van der Waals surface area contributed by atoms with Crippen LogP contribution in [0.15, 0.2) is 24.3 Å². The number of amides is 1. The Labute approximate surface area is 115 Å². The highest BCUT2D eigenvalue weighted by molar-refractivity contribution is 5.94. The van der Waals surface area contributed by atoms with E-state index in [4.69, 9.17) is 4.74 Å². The largest absolute Gasteiger partial charge is 0.376 e. The molecular weight excluding hydrogens is 238 g/mol. The Morgan fingerprint density at radius 1 is 1.47 bits per heavy atom. The highest BCUT2D eigenvalue weighted by atomic mass is 16.5. The summed E-state index contributed by atoms with van der Waals surface area (Å²) in [7, 11) is 0. The van der Waals surface area contributed by atoms with E-state index in [-0.39, 0.29) is 12.0 Å². The van der Waals surface area contributed by atoms with E-state index in [2.05, 4.69) is 6.92 Å². The number of carbonyl (C=O) groups excluding carboxylic acids is 1. The fourth-order valence-electron chi connectivity index (χ4n) is 2.50. The number of likely N-dealkylation sites (tertiary alicyclic amines) is 1. The Hall–Kier alpha value is -1.35. The van der Waals surface area contributed by atoms with Gasteiger partial charge < -0.3 is 9.64 Å². The van der Waals surface area contributed by atoms with Crippen LogP contribution in [0.4, 0.5) is 0 Å². The first kappa shape index (κ1) is 14.1. The van der Waals surface area contributed by atoms with E-state index < -0.39 is 0 Å². The van der Waals surface area contributed by atoms with Crippen LogP contribution in [-0.4, -0.2) is 36.6 Å². The molecule has 0 radical (unpaired) electrons. The molecule has 2 rings (SSSR count). The van der Waals surface area contributed by atoms with Gasteiger partial charge in [0.15, 0.2) is 0 Å². The van der Waals surface area contributed by atoms with Crippen molar-refractivity contribution >= 4 is 5.91 Å². The molecule has 0 spiro atoms. The Balaban J connectivity index is 1.99. The molecule has 1 aromatic carbocycles. The minimum Gasteiger partial charge on any atom is -0.376 e. The highest BCUT2D eigenvalue weighted by Crippen LogP contribution is 2.17. The van der Waals surface area contributed by atoms with E-state index >= 15 is 0 Å². The Kier molecular flexibility index (Phi) is 4.97. The van der Waals surface area contributed by atoms with Gasteiger partial charge in [0.1, 0.15) is 0 Å². The number of benzene rings is 1. The first-order valence-corrected chi connectivity index (χ1v) is 7.18. The van der Waals surface area contributed by atoms with Gasteiger partial charge >= 0.3 is 0 Å². The topological polar surface area (TPSA) is 29.5 Å². The third-order valence-electron chi connectivity index (χ3n) is 3.49. The first-order chi connectivity index (χ1) is 9.20. The zero-order chi connectivity index (χ0) is 13.7. The van der Waals surface area contributed by atoms with Gasteiger partial charge in [0.2, 0.25) is 0 Å². The zero-order valence-corrected chi connectivity index (χ0v) is 11.9. The second-order valence-electron chi connectivity index (χ2n) is 5.26. The Bertz CT molecular complexity index is 431. The van der Waals surface area contributed by atoms with E-state index in [0.717, 1.165) is 50.1 Å². The van der Waals surface area contributed by atoms with Crippen LogP contribution < -0.4 is 0 Å². The second kappa shape index (κ2) is 6.71. The molecule has 0 aliphatic carbocycles. The lowest BCUT2D eigenvalue weighted by atomic mass is 10.1. The van der Waals surface area contributed by atoms with Gasteiger partial charge in [-0.15, -0.1) is 0 Å². The van der Waals surface area contributed by atoms with Crippen molar-refractivity contribution < 1.29 is 9.53 Å². The molecule has 0 aromatic heterocycles. The Morgan fingerprint density at radius 2 is 2.32 bits per heavy atom. The molecule has 1 saturated heterocycles. The first-order valence-electron chi connectivity index (χ1n) is 7.18. The summed E-state index contributed by atoms with van der Waals surface area (Å²) in [5.74, 6) is 0.133. The van der Waals surface area contributed by atoms with Gasteiger partial charge in [-0.05, 0) is 38.3 Å². The fourth-order valence-corrected chi connectivity index (χ4v) is 2.50. The van der Waals surface area contributed by atoms with Gasteiger partial charge in [0.05, 0.1) is 6.10 Å². The molecule has 0 N–H and O–H groups in total. The SMILES string of the molecule is CCCO[C@@H]1CCCN(C(=O)c2cccc(C)c2)C1. The molecule has 0 bridgehead atoms. The van der Waals surface area contributed by atoms with Crippen LogP contribution in [0.5, 0.6) is 0 Å². The van der Waals surface area contributed by atoms with Crippen LogP contribution in [-0.2, 0) is 4.74 Å². The molecule has 1 aliphatic rings. The van der Waals surface area contributed by atoms with Gasteiger partial charge in [-0.1, -0.05) is 24.6 Å². The van der Waals surface area contributed by atoms with Crippen LogP contribution in [0, 0.1) is 6.92 Å². The summed E-state index contributed by atoms with van der Waals surface area (Å²) in [6, 6.07) is 7.81. The van der Waals surface area contributed by atoms with Crippen molar-refractivity contribution in [3.63, 3.8) is 0 Å². The quantitative estimate of drug-likeness (QED) is 0.833. The lowest BCUT2D eigenvalue weighted by molar-refractivity contribution is 0.00211. The molecule has 1 heterocycles. The van der Waals surface area contributed by atoms with Crippen molar-refractivity contribution in [1.29, 1.82) is 0 Å². The maximum Gasteiger partial charge on any atom is 0.253 e. The van der Waals surface area contributed by atoms with Crippen LogP contribution in [0.1, 0.15) is 42.1 Å². The van der Waals surface area contributed by atoms with Crippen molar-refractivity contribution in [2.45, 2.75) is 39.2 Å². The minimum atomic E-state index is 0.133. The molecule has 1 aliphatic heterocycles. The van der Waals surface area contributed by atoms with Crippen molar-refractivity contribution in [2.24, 2.45) is 0 Å². The van der Waals surface area contributed by atoms with Gasteiger partial charge in [-0.25, -0.2) is 0 Å². The van der Waals surface area contributed by atoms with Gasteiger partial charge in [0.25, 0.3) is 5.91 Å². The smallest absolute Gasteiger partial charge is 0.253 e. The zero-order valence-electron chi connectivity index (χ0n) is 11.9. The Morgan fingerprint density at radius 3 is 3.05 bits per heavy atom. The third kappa shape index (κ3) is 3.80. The molecule has 1 aromatic rings. The van der Waals surface area contributed by atoms with Crippen molar-refractivity contribution in [3.05, 3.63) is 35.4 Å². The number of aryl methyl sites for hydroxylation is 1. The average Bonchev–Trinajstić information content (AvgIpc) is 2.44. The summed E-state index contributed by atoms with van der Waals surface area (Å²) in [4.78, 5) is 14.4. The van der Waals surface area contributed by atoms with Crippen molar-refractivity contribution in [2.75, 3.05) is 19.7 Å². The number of ether oxygens (including phenoxy) is 1. The summed E-state index contributed by atoms with van der Waals surface area (Å²) in [5, 5.41) is 0. The maximum absolute atomic E-state index is 12.4.